The zero-order valence-electron chi connectivity index (χ0n) is 24.8. The SMILES string of the molecule is C[n+]1cc(OCC(O/N=C(\C(=O)N[C@@H]2C(=O)N(OS(=O)(=O)O)C2(C)C)c2csc(N)n2)C(=O)O)ccc1-c1cnn(CCCN)c1. The van der Waals surface area contributed by atoms with E-state index >= 15 is 0 Å². The average Bonchev–Trinajstić information content (AvgIpc) is 3.63. The summed E-state index contributed by atoms with van der Waals surface area (Å²) in [6, 6.07) is 2.08. The number of nitrogens with zero attached hydrogens (tertiary/aromatic N) is 6. The number of carbonyl (C=O) groups is 3. The van der Waals surface area contributed by atoms with Crippen molar-refractivity contribution < 1.29 is 50.9 Å². The Morgan fingerprint density at radius 1 is 1.33 bits per heavy atom. The van der Waals surface area contributed by atoms with Crippen LogP contribution >= 0.6 is 11.3 Å². The molecule has 0 aromatic carbocycles. The summed E-state index contributed by atoms with van der Waals surface area (Å²) in [7, 11) is -3.24. The van der Waals surface area contributed by atoms with Gasteiger partial charge >= 0.3 is 16.4 Å². The zero-order chi connectivity index (χ0) is 33.8. The third kappa shape index (κ3) is 7.92. The number of nitrogens with two attached hydrogens (primary N) is 2. The highest BCUT2D eigenvalue weighted by molar-refractivity contribution is 7.80. The van der Waals surface area contributed by atoms with Gasteiger partial charge in [0.15, 0.2) is 16.6 Å². The number of oxime groups is 1. The van der Waals surface area contributed by atoms with Crippen molar-refractivity contribution in [2.45, 2.75) is 44.5 Å². The van der Waals surface area contributed by atoms with E-state index in [1.54, 1.807) is 40.8 Å². The van der Waals surface area contributed by atoms with E-state index in [1.807, 2.05) is 6.20 Å². The number of aromatic nitrogens is 4. The van der Waals surface area contributed by atoms with Crippen LogP contribution in [0.1, 0.15) is 26.0 Å². The number of hydrogen-bond acceptors (Lipinski definition) is 14. The molecule has 4 heterocycles. The molecule has 1 saturated heterocycles. The number of aliphatic carboxylic acids is 1. The van der Waals surface area contributed by atoms with Crippen molar-refractivity contribution in [2.24, 2.45) is 17.9 Å². The molecule has 0 spiro atoms. The third-order valence-electron chi connectivity index (χ3n) is 6.68. The smallest absolute Gasteiger partial charge is 0.418 e. The van der Waals surface area contributed by atoms with Crippen molar-refractivity contribution in [1.29, 1.82) is 0 Å². The Balaban J connectivity index is 1.46. The Morgan fingerprint density at radius 2 is 2.07 bits per heavy atom. The number of hydrogen-bond donors (Lipinski definition) is 5. The molecule has 4 rings (SSSR count). The topological polar surface area (TPSA) is 268 Å². The fourth-order valence-electron chi connectivity index (χ4n) is 4.29. The molecule has 7 N–H and O–H groups in total. The van der Waals surface area contributed by atoms with E-state index in [0.717, 1.165) is 29.0 Å². The molecular formula is C25H32N9O10S2+. The second-order valence-electron chi connectivity index (χ2n) is 10.4. The number of anilines is 1. The molecule has 0 radical (unpaired) electrons. The number of hydroxylamine groups is 2. The summed E-state index contributed by atoms with van der Waals surface area (Å²) in [5.74, 6) is -3.17. The molecule has 0 saturated carbocycles. The number of aryl methyl sites for hydroxylation is 2. The van der Waals surface area contributed by atoms with Crippen LogP contribution in [-0.2, 0) is 47.5 Å². The van der Waals surface area contributed by atoms with Crippen LogP contribution in [0.2, 0.25) is 0 Å². The number of amides is 2. The predicted octanol–water partition coefficient (Wildman–Crippen LogP) is -1.14. The fraction of sp³-hybridized carbons (Fsp3) is 0.400. The second kappa shape index (κ2) is 13.7. The van der Waals surface area contributed by atoms with Crippen LogP contribution in [0.4, 0.5) is 5.13 Å². The summed E-state index contributed by atoms with van der Waals surface area (Å²) in [5, 5.41) is 21.9. The van der Waals surface area contributed by atoms with Crippen LogP contribution < -0.4 is 26.1 Å². The highest BCUT2D eigenvalue weighted by Gasteiger charge is 2.58. The maximum Gasteiger partial charge on any atom is 0.418 e. The third-order valence-corrected chi connectivity index (χ3v) is 7.69. The lowest BCUT2D eigenvalue weighted by atomic mass is 9.84. The summed E-state index contributed by atoms with van der Waals surface area (Å²) >= 11 is 0.956. The van der Waals surface area contributed by atoms with E-state index in [9.17, 15) is 27.9 Å². The van der Waals surface area contributed by atoms with E-state index in [0.29, 0.717) is 23.9 Å². The number of thiazole rings is 1. The number of nitrogens with one attached hydrogen (secondary N) is 1. The number of carboxylic acid groups (broad SMARTS) is 1. The maximum absolute atomic E-state index is 13.2. The first-order valence-electron chi connectivity index (χ1n) is 13.5. The maximum atomic E-state index is 13.2. The minimum atomic E-state index is -5.02. The normalized spacial score (nSPS) is 16.9. The van der Waals surface area contributed by atoms with Crippen molar-refractivity contribution in [3.05, 3.63) is 41.8 Å². The van der Waals surface area contributed by atoms with Crippen LogP contribution in [-0.4, -0.2) is 92.2 Å². The van der Waals surface area contributed by atoms with Gasteiger partial charge in [-0.05, 0) is 32.9 Å². The van der Waals surface area contributed by atoms with Crippen molar-refractivity contribution in [2.75, 3.05) is 18.9 Å². The van der Waals surface area contributed by atoms with Gasteiger partial charge in [0.25, 0.3) is 17.9 Å². The standard InChI is InChI=1S/C25H31N9O10S2/c1-25(2)20(22(36)34(25)44-46(39,40)41)30-21(35)19(16-13-45-24(27)29-16)31-43-18(23(37)38)12-42-15-5-6-17(32(3)11-15)14-9-28-33(10-14)8-4-7-26/h5-6,9-11,13,18,20H,4,7-8,12,26H2,1-3H3,(H4-,27,29,30,35,37,38,39,40,41)/p+1/b31-19-/t18?,20-/m1/s1. The number of rotatable bonds is 15. The van der Waals surface area contributed by atoms with Crippen LogP contribution in [0.5, 0.6) is 5.75 Å². The first-order valence-corrected chi connectivity index (χ1v) is 15.7. The summed E-state index contributed by atoms with van der Waals surface area (Å²) in [4.78, 5) is 46.9. The molecule has 3 aromatic rings. The van der Waals surface area contributed by atoms with E-state index in [-0.39, 0.29) is 10.8 Å². The monoisotopic (exact) mass is 682 g/mol. The van der Waals surface area contributed by atoms with E-state index < -0.39 is 58.2 Å². The van der Waals surface area contributed by atoms with Crippen LogP contribution in [0.25, 0.3) is 11.3 Å². The second-order valence-corrected chi connectivity index (χ2v) is 12.3. The van der Waals surface area contributed by atoms with Gasteiger partial charge in [0, 0.05) is 24.2 Å². The van der Waals surface area contributed by atoms with Crippen LogP contribution in [0.3, 0.4) is 0 Å². The lowest BCUT2D eigenvalue weighted by Gasteiger charge is -2.50. The molecule has 1 fully saturated rings. The molecule has 1 aliphatic heterocycles. The van der Waals surface area contributed by atoms with Gasteiger partial charge in [0.1, 0.15) is 25.4 Å². The first-order chi connectivity index (χ1) is 21.6. The van der Waals surface area contributed by atoms with Crippen LogP contribution in [0.15, 0.2) is 41.3 Å². The van der Waals surface area contributed by atoms with Gasteiger partial charge in [-0.15, -0.1) is 15.6 Å². The summed E-state index contributed by atoms with van der Waals surface area (Å²) in [6.45, 7) is 3.44. The van der Waals surface area contributed by atoms with Crippen molar-refractivity contribution in [3.63, 3.8) is 0 Å². The number of carboxylic acids is 1. The number of β-lactam (4-membered cyclic amide) rings is 1. The van der Waals surface area contributed by atoms with Crippen molar-refractivity contribution in [1.82, 2.24) is 25.1 Å². The number of ether oxygens (including phenoxy) is 1. The minimum Gasteiger partial charge on any atom is -0.483 e. The number of pyridine rings is 1. The van der Waals surface area contributed by atoms with Gasteiger partial charge in [-0.25, -0.2) is 9.78 Å². The Hall–Kier alpha value is -4.70. The zero-order valence-corrected chi connectivity index (χ0v) is 26.4. The van der Waals surface area contributed by atoms with Crippen molar-refractivity contribution >= 4 is 50.4 Å². The molecule has 21 heteroatoms. The molecule has 19 nitrogen and oxygen atoms in total. The molecule has 0 bridgehead atoms. The fourth-order valence-corrected chi connectivity index (χ4v) is 5.30. The Morgan fingerprint density at radius 3 is 2.65 bits per heavy atom. The molecule has 0 aliphatic carbocycles. The lowest BCUT2D eigenvalue weighted by Crippen LogP contribution is -2.76. The highest BCUT2D eigenvalue weighted by Crippen LogP contribution is 2.33. The molecule has 3 aromatic heterocycles. The summed E-state index contributed by atoms with van der Waals surface area (Å²) < 4.78 is 44.6. The number of nitrogen functional groups attached to an aromatic ring is 1. The first kappa shape index (κ1) is 34.2. The van der Waals surface area contributed by atoms with Gasteiger partial charge in [-0.3, -0.25) is 18.8 Å². The van der Waals surface area contributed by atoms with Crippen molar-refractivity contribution in [3.8, 4) is 17.0 Å². The van der Waals surface area contributed by atoms with Crippen LogP contribution in [0, 0.1) is 0 Å². The molecule has 1 aliphatic rings. The van der Waals surface area contributed by atoms with Gasteiger partial charge in [0.2, 0.25) is 11.9 Å². The quantitative estimate of drug-likeness (QED) is 0.0417. The largest absolute Gasteiger partial charge is 0.483 e. The summed E-state index contributed by atoms with van der Waals surface area (Å²) in [5.41, 5.74) is 10.9. The molecular weight excluding hydrogens is 650 g/mol. The Bertz CT molecular complexity index is 1760. The van der Waals surface area contributed by atoms with Gasteiger partial charge in [0.05, 0.1) is 17.3 Å². The highest BCUT2D eigenvalue weighted by atomic mass is 32.3. The Kier molecular flexibility index (Phi) is 10.2. The molecule has 2 atom stereocenters. The van der Waals surface area contributed by atoms with Gasteiger partial charge in [-0.2, -0.15) is 23.1 Å². The molecule has 2 amide bonds. The lowest BCUT2D eigenvalue weighted by molar-refractivity contribution is -0.660. The van der Waals surface area contributed by atoms with E-state index in [1.165, 1.54) is 19.2 Å². The molecule has 1 unspecified atom stereocenters. The Labute approximate surface area is 266 Å². The van der Waals surface area contributed by atoms with Gasteiger partial charge in [-0.1, -0.05) is 5.16 Å². The van der Waals surface area contributed by atoms with E-state index in [2.05, 4.69) is 24.8 Å². The minimum absolute atomic E-state index is 0.0561. The molecule has 248 valence electrons. The predicted molar refractivity (Wildman–Crippen MR) is 159 cm³/mol. The molecule has 46 heavy (non-hydrogen) atoms. The van der Waals surface area contributed by atoms with E-state index in [4.69, 9.17) is 25.6 Å². The van der Waals surface area contributed by atoms with Gasteiger partial charge < -0.3 is 31.5 Å². The summed E-state index contributed by atoms with van der Waals surface area (Å²) in [6.07, 6.45) is 4.33. The number of carbonyl (C=O) groups excluding carboxylic acids is 2. The average molecular weight is 683 g/mol.